The van der Waals surface area contributed by atoms with Gasteiger partial charge >= 0.3 is 0 Å². The molecule has 12 heavy (non-hydrogen) atoms. The summed E-state index contributed by atoms with van der Waals surface area (Å²) >= 11 is 0. The summed E-state index contributed by atoms with van der Waals surface area (Å²) in [5.41, 5.74) is 1.04. The fourth-order valence-corrected chi connectivity index (χ4v) is 1.00. The standard InChI is InChI=1S/C10H13NO/c1-8-5-3-4-6-10(8)7-12-9(2)11/h3-6,10-11H,1,7H2,2H3. The highest BCUT2D eigenvalue weighted by atomic mass is 16.5. The summed E-state index contributed by atoms with van der Waals surface area (Å²) < 4.78 is 5.09. The zero-order valence-corrected chi connectivity index (χ0v) is 7.21. The Balaban J connectivity index is 2.42. The molecule has 0 amide bonds. The van der Waals surface area contributed by atoms with Gasteiger partial charge in [0.1, 0.15) is 0 Å². The van der Waals surface area contributed by atoms with Crippen LogP contribution in [0, 0.1) is 11.3 Å². The second-order valence-corrected chi connectivity index (χ2v) is 2.79. The van der Waals surface area contributed by atoms with Gasteiger partial charge in [-0.15, -0.1) is 0 Å². The van der Waals surface area contributed by atoms with Crippen molar-refractivity contribution in [2.24, 2.45) is 5.92 Å². The third-order valence-corrected chi connectivity index (χ3v) is 1.72. The molecule has 64 valence electrons. The maximum absolute atomic E-state index is 7.08. The topological polar surface area (TPSA) is 33.1 Å². The molecule has 1 rings (SSSR count). The number of nitrogens with one attached hydrogen (secondary N) is 1. The lowest BCUT2D eigenvalue weighted by Gasteiger charge is -2.15. The molecule has 1 atom stereocenters. The summed E-state index contributed by atoms with van der Waals surface area (Å²) in [6.07, 6.45) is 7.93. The van der Waals surface area contributed by atoms with Crippen molar-refractivity contribution >= 4 is 5.90 Å². The molecule has 0 spiro atoms. The first-order valence-electron chi connectivity index (χ1n) is 3.92. The van der Waals surface area contributed by atoms with Crippen molar-refractivity contribution in [2.75, 3.05) is 6.61 Å². The minimum absolute atomic E-state index is 0.232. The van der Waals surface area contributed by atoms with Gasteiger partial charge in [0.25, 0.3) is 0 Å². The number of allylic oxidation sites excluding steroid dienone is 3. The van der Waals surface area contributed by atoms with E-state index in [1.165, 1.54) is 0 Å². The van der Waals surface area contributed by atoms with Crippen LogP contribution < -0.4 is 0 Å². The molecule has 0 aliphatic heterocycles. The van der Waals surface area contributed by atoms with E-state index in [1.54, 1.807) is 6.92 Å². The van der Waals surface area contributed by atoms with Crippen LogP contribution in [-0.2, 0) is 4.74 Å². The van der Waals surface area contributed by atoms with Crippen molar-refractivity contribution < 1.29 is 4.74 Å². The first-order valence-corrected chi connectivity index (χ1v) is 3.92. The maximum atomic E-state index is 7.08. The number of rotatable bonds is 2. The Morgan fingerprint density at radius 2 is 2.42 bits per heavy atom. The van der Waals surface area contributed by atoms with Gasteiger partial charge in [-0.05, 0) is 5.57 Å². The molecule has 1 N–H and O–H groups in total. The largest absolute Gasteiger partial charge is 0.480 e. The van der Waals surface area contributed by atoms with E-state index in [9.17, 15) is 0 Å². The summed E-state index contributed by atoms with van der Waals surface area (Å²) in [4.78, 5) is 0. The molecule has 0 heterocycles. The summed E-state index contributed by atoms with van der Waals surface area (Å²) in [6, 6.07) is 0. The van der Waals surface area contributed by atoms with Gasteiger partial charge in [0.2, 0.25) is 0 Å². The van der Waals surface area contributed by atoms with Crippen LogP contribution >= 0.6 is 0 Å². The molecule has 0 saturated carbocycles. The van der Waals surface area contributed by atoms with Crippen molar-refractivity contribution in [1.29, 1.82) is 5.41 Å². The molecule has 0 aromatic rings. The summed E-state index contributed by atoms with van der Waals surface area (Å²) in [5, 5.41) is 7.08. The fourth-order valence-electron chi connectivity index (χ4n) is 1.00. The Morgan fingerprint density at radius 3 is 3.00 bits per heavy atom. The van der Waals surface area contributed by atoms with E-state index in [1.807, 2.05) is 24.3 Å². The zero-order valence-electron chi connectivity index (χ0n) is 7.21. The van der Waals surface area contributed by atoms with E-state index < -0.39 is 0 Å². The average molecular weight is 163 g/mol. The third-order valence-electron chi connectivity index (χ3n) is 1.72. The van der Waals surface area contributed by atoms with Gasteiger partial charge in [0.05, 0.1) is 6.61 Å². The molecule has 0 aromatic carbocycles. The summed E-state index contributed by atoms with van der Waals surface area (Å²) in [6.45, 7) is 6.04. The molecule has 1 aliphatic rings. The second-order valence-electron chi connectivity index (χ2n) is 2.79. The van der Waals surface area contributed by atoms with E-state index in [0.717, 1.165) is 5.57 Å². The molecule has 0 saturated heterocycles. The average Bonchev–Trinajstić information content (AvgIpc) is 2.03. The molecule has 0 fully saturated rings. The SMILES string of the molecule is C=C1C=CC=CC1COC(C)=N. The van der Waals surface area contributed by atoms with Crippen LogP contribution in [0.4, 0.5) is 0 Å². The third kappa shape index (κ3) is 2.38. The van der Waals surface area contributed by atoms with Crippen molar-refractivity contribution in [3.05, 3.63) is 36.5 Å². The maximum Gasteiger partial charge on any atom is 0.177 e. The van der Waals surface area contributed by atoms with Crippen LogP contribution in [0.1, 0.15) is 6.92 Å². The highest BCUT2D eigenvalue weighted by molar-refractivity contribution is 5.69. The lowest BCUT2D eigenvalue weighted by atomic mass is 9.97. The van der Waals surface area contributed by atoms with Gasteiger partial charge < -0.3 is 4.74 Å². The second kappa shape index (κ2) is 3.90. The van der Waals surface area contributed by atoms with Crippen molar-refractivity contribution in [3.8, 4) is 0 Å². The van der Waals surface area contributed by atoms with Crippen LogP contribution in [0.3, 0.4) is 0 Å². The van der Waals surface area contributed by atoms with E-state index in [-0.39, 0.29) is 11.8 Å². The normalized spacial score (nSPS) is 21.1. The summed E-state index contributed by atoms with van der Waals surface area (Å²) in [7, 11) is 0. The zero-order chi connectivity index (χ0) is 8.97. The Bertz CT molecular complexity index is 251. The van der Waals surface area contributed by atoms with E-state index in [0.29, 0.717) is 6.61 Å². The lowest BCUT2D eigenvalue weighted by Crippen LogP contribution is -2.12. The Kier molecular flexibility index (Phi) is 2.86. The molecular formula is C10H13NO. The van der Waals surface area contributed by atoms with E-state index in [2.05, 4.69) is 6.58 Å². The molecule has 0 aromatic heterocycles. The van der Waals surface area contributed by atoms with Crippen LogP contribution in [0.2, 0.25) is 0 Å². The lowest BCUT2D eigenvalue weighted by molar-refractivity contribution is 0.276. The van der Waals surface area contributed by atoms with Crippen molar-refractivity contribution in [2.45, 2.75) is 6.92 Å². The smallest absolute Gasteiger partial charge is 0.177 e. The molecule has 0 radical (unpaired) electrons. The molecule has 2 heteroatoms. The van der Waals surface area contributed by atoms with Gasteiger partial charge in [-0.25, -0.2) is 0 Å². The van der Waals surface area contributed by atoms with Gasteiger partial charge in [0.15, 0.2) is 5.90 Å². The van der Waals surface area contributed by atoms with Crippen LogP contribution in [0.25, 0.3) is 0 Å². The fraction of sp³-hybridized carbons (Fsp3) is 0.300. The van der Waals surface area contributed by atoms with Gasteiger partial charge in [-0.2, -0.15) is 0 Å². The predicted molar refractivity (Wildman–Crippen MR) is 50.3 cm³/mol. The van der Waals surface area contributed by atoms with E-state index in [4.69, 9.17) is 10.1 Å². The number of hydrogen-bond donors (Lipinski definition) is 1. The van der Waals surface area contributed by atoms with Crippen LogP contribution in [-0.4, -0.2) is 12.5 Å². The molecule has 1 unspecified atom stereocenters. The van der Waals surface area contributed by atoms with Crippen LogP contribution in [0.15, 0.2) is 36.5 Å². The van der Waals surface area contributed by atoms with Crippen LogP contribution in [0.5, 0.6) is 0 Å². The van der Waals surface area contributed by atoms with Crippen molar-refractivity contribution in [3.63, 3.8) is 0 Å². The predicted octanol–water partition coefficient (Wildman–Crippen LogP) is 2.30. The minimum atomic E-state index is 0.232. The van der Waals surface area contributed by atoms with Gasteiger partial charge in [-0.1, -0.05) is 30.9 Å². The monoisotopic (exact) mass is 163 g/mol. The quantitative estimate of drug-likeness (QED) is 0.491. The Labute approximate surface area is 72.7 Å². The Hall–Kier alpha value is -1.31. The van der Waals surface area contributed by atoms with Gasteiger partial charge in [-0.3, -0.25) is 5.41 Å². The molecule has 0 bridgehead atoms. The number of hydrogen-bond acceptors (Lipinski definition) is 2. The first-order chi connectivity index (χ1) is 5.70. The van der Waals surface area contributed by atoms with Crippen molar-refractivity contribution in [1.82, 2.24) is 0 Å². The number of ether oxygens (including phenoxy) is 1. The molecular weight excluding hydrogens is 150 g/mol. The minimum Gasteiger partial charge on any atom is -0.480 e. The highest BCUT2D eigenvalue weighted by Crippen LogP contribution is 2.16. The molecule has 1 aliphatic carbocycles. The first kappa shape index (κ1) is 8.78. The Morgan fingerprint density at radius 1 is 1.67 bits per heavy atom. The summed E-state index contributed by atoms with van der Waals surface area (Å²) in [5.74, 6) is 0.487. The van der Waals surface area contributed by atoms with Gasteiger partial charge in [0, 0.05) is 12.8 Å². The highest BCUT2D eigenvalue weighted by Gasteiger charge is 2.09. The van der Waals surface area contributed by atoms with E-state index >= 15 is 0 Å². The molecule has 2 nitrogen and oxygen atoms in total.